The van der Waals surface area contributed by atoms with E-state index < -0.39 is 11.7 Å². The first-order chi connectivity index (χ1) is 17.6. The van der Waals surface area contributed by atoms with Crippen molar-refractivity contribution in [2.45, 2.75) is 39.4 Å². The van der Waals surface area contributed by atoms with E-state index in [1.165, 1.54) is 17.7 Å². The maximum atomic E-state index is 13.5. The molecule has 0 aromatic heterocycles. The van der Waals surface area contributed by atoms with E-state index in [4.69, 9.17) is 0 Å². The molecular weight excluding hydrogens is 473 g/mol. The quantitative estimate of drug-likeness (QED) is 0.326. The summed E-state index contributed by atoms with van der Waals surface area (Å²) < 4.78 is 39.8. The van der Waals surface area contributed by atoms with E-state index in [-0.39, 0.29) is 17.7 Å². The van der Waals surface area contributed by atoms with Gasteiger partial charge < -0.3 is 4.90 Å². The smallest absolute Gasteiger partial charge is 0.338 e. The highest BCUT2D eigenvalue weighted by molar-refractivity contribution is 5.94. The molecule has 37 heavy (non-hydrogen) atoms. The number of alkyl halides is 3. The van der Waals surface area contributed by atoms with Gasteiger partial charge >= 0.3 is 6.18 Å². The minimum absolute atomic E-state index is 0.0249. The topological polar surface area (TPSA) is 23.6 Å². The van der Waals surface area contributed by atoms with Gasteiger partial charge in [0.1, 0.15) is 0 Å². The summed E-state index contributed by atoms with van der Waals surface area (Å²) in [5.74, 6) is 0.692. The van der Waals surface area contributed by atoms with Crippen molar-refractivity contribution in [1.29, 1.82) is 0 Å². The Morgan fingerprint density at radius 2 is 1.68 bits per heavy atom. The van der Waals surface area contributed by atoms with Gasteiger partial charge in [-0.15, -0.1) is 0 Å². The Balaban J connectivity index is 1.57. The number of benzene rings is 3. The summed E-state index contributed by atoms with van der Waals surface area (Å²) in [6.45, 7) is 9.37. The number of aryl methyl sites for hydroxylation is 1. The van der Waals surface area contributed by atoms with Crippen LogP contribution in [0.3, 0.4) is 0 Å². The number of amides is 1. The zero-order valence-corrected chi connectivity index (χ0v) is 21.7. The summed E-state index contributed by atoms with van der Waals surface area (Å²) in [6.07, 6.45) is -4.36. The lowest BCUT2D eigenvalue weighted by Gasteiger charge is -2.30. The molecular formula is C31H35F3N2O. The minimum atomic E-state index is -4.36. The third-order valence-corrected chi connectivity index (χ3v) is 7.03. The van der Waals surface area contributed by atoms with Crippen molar-refractivity contribution < 1.29 is 18.0 Å². The molecule has 6 heteroatoms. The highest BCUT2D eigenvalue weighted by atomic mass is 19.4. The number of hydrogen-bond acceptors (Lipinski definition) is 2. The van der Waals surface area contributed by atoms with Gasteiger partial charge in [-0.25, -0.2) is 0 Å². The zero-order valence-electron chi connectivity index (χ0n) is 21.7. The van der Waals surface area contributed by atoms with Crippen LogP contribution in [0.4, 0.5) is 13.2 Å². The summed E-state index contributed by atoms with van der Waals surface area (Å²) in [5, 5.41) is 0. The first kappa shape index (κ1) is 26.9. The van der Waals surface area contributed by atoms with Crippen molar-refractivity contribution >= 4 is 5.91 Å². The van der Waals surface area contributed by atoms with Gasteiger partial charge in [0.05, 0.1) is 5.56 Å². The number of hydrogen-bond donors (Lipinski definition) is 0. The molecule has 0 aliphatic carbocycles. The summed E-state index contributed by atoms with van der Waals surface area (Å²) >= 11 is 0. The second-order valence-electron chi connectivity index (χ2n) is 10.6. The molecule has 0 bridgehead atoms. The summed E-state index contributed by atoms with van der Waals surface area (Å²) in [5.41, 5.74) is 3.02. The molecule has 3 aromatic rings. The van der Waals surface area contributed by atoms with Crippen LogP contribution in [-0.2, 0) is 12.7 Å². The lowest BCUT2D eigenvalue weighted by atomic mass is 9.88. The van der Waals surface area contributed by atoms with E-state index in [0.29, 0.717) is 43.2 Å². The number of nitrogens with zero attached hydrogens (tertiary/aromatic N) is 2. The van der Waals surface area contributed by atoms with Crippen molar-refractivity contribution in [2.24, 2.45) is 11.8 Å². The molecule has 1 aliphatic rings. The lowest BCUT2D eigenvalue weighted by molar-refractivity contribution is -0.137. The Labute approximate surface area is 217 Å². The van der Waals surface area contributed by atoms with E-state index in [2.05, 4.69) is 30.9 Å². The largest absolute Gasteiger partial charge is 0.416 e. The highest BCUT2D eigenvalue weighted by Gasteiger charge is 2.36. The van der Waals surface area contributed by atoms with Crippen molar-refractivity contribution in [3.8, 4) is 0 Å². The molecule has 0 saturated carbocycles. The molecule has 196 valence electrons. The molecule has 3 aromatic carbocycles. The molecule has 1 fully saturated rings. The SMILES string of the molecule is Cc1ccc(C(=O)N(CC(C)C)CC2CN(Cc3cccc(C(F)(F)F)c3)CC2c2ccccc2)cc1. The molecule has 3 nitrogen and oxygen atoms in total. The van der Waals surface area contributed by atoms with Crippen molar-refractivity contribution in [1.82, 2.24) is 9.80 Å². The van der Waals surface area contributed by atoms with Crippen LogP contribution in [0.15, 0.2) is 78.9 Å². The first-order valence-corrected chi connectivity index (χ1v) is 12.9. The van der Waals surface area contributed by atoms with Crippen LogP contribution in [0.1, 0.15) is 52.4 Å². The molecule has 0 radical (unpaired) electrons. The minimum Gasteiger partial charge on any atom is -0.338 e. The Hall–Kier alpha value is -3.12. The van der Waals surface area contributed by atoms with Gasteiger partial charge in [-0.1, -0.05) is 80.1 Å². The van der Waals surface area contributed by atoms with Crippen LogP contribution in [0, 0.1) is 18.8 Å². The Morgan fingerprint density at radius 1 is 0.973 bits per heavy atom. The molecule has 1 aliphatic heterocycles. The van der Waals surface area contributed by atoms with E-state index >= 15 is 0 Å². The normalized spacial score (nSPS) is 18.4. The number of rotatable bonds is 8. The number of likely N-dealkylation sites (tertiary alicyclic amines) is 1. The molecule has 4 rings (SSSR count). The summed E-state index contributed by atoms with van der Waals surface area (Å²) in [7, 11) is 0. The Morgan fingerprint density at radius 3 is 2.32 bits per heavy atom. The summed E-state index contributed by atoms with van der Waals surface area (Å²) in [6, 6.07) is 23.5. The van der Waals surface area contributed by atoms with Gasteiger partial charge in [-0.2, -0.15) is 13.2 Å². The van der Waals surface area contributed by atoms with Gasteiger partial charge in [0.2, 0.25) is 0 Å². The molecule has 1 saturated heterocycles. The second-order valence-corrected chi connectivity index (χ2v) is 10.6. The third-order valence-electron chi connectivity index (χ3n) is 7.03. The third kappa shape index (κ3) is 7.01. The second kappa shape index (κ2) is 11.5. The lowest BCUT2D eigenvalue weighted by Crippen LogP contribution is -2.39. The fourth-order valence-electron chi connectivity index (χ4n) is 5.30. The Kier molecular flexibility index (Phi) is 8.38. The zero-order chi connectivity index (χ0) is 26.6. The van der Waals surface area contributed by atoms with Crippen molar-refractivity contribution in [3.63, 3.8) is 0 Å². The molecule has 1 heterocycles. The van der Waals surface area contributed by atoms with Crippen LogP contribution in [-0.4, -0.2) is 41.9 Å². The molecule has 1 amide bonds. The Bertz CT molecular complexity index is 1180. The number of carbonyl (C=O) groups excluding carboxylic acids is 1. The molecule has 2 unspecified atom stereocenters. The first-order valence-electron chi connectivity index (χ1n) is 12.9. The van der Waals surface area contributed by atoms with E-state index in [1.54, 1.807) is 6.07 Å². The van der Waals surface area contributed by atoms with Crippen LogP contribution >= 0.6 is 0 Å². The molecule has 2 atom stereocenters. The fourth-order valence-corrected chi connectivity index (χ4v) is 5.30. The summed E-state index contributed by atoms with van der Waals surface area (Å²) in [4.78, 5) is 17.7. The van der Waals surface area contributed by atoms with E-state index in [1.807, 2.05) is 54.3 Å². The van der Waals surface area contributed by atoms with Crippen LogP contribution in [0.25, 0.3) is 0 Å². The highest BCUT2D eigenvalue weighted by Crippen LogP contribution is 2.35. The monoisotopic (exact) mass is 508 g/mol. The van der Waals surface area contributed by atoms with E-state index in [0.717, 1.165) is 18.2 Å². The van der Waals surface area contributed by atoms with Gasteiger partial charge in [-0.3, -0.25) is 9.69 Å². The maximum Gasteiger partial charge on any atom is 0.416 e. The molecule has 0 spiro atoms. The average Bonchev–Trinajstić information content (AvgIpc) is 3.25. The van der Waals surface area contributed by atoms with Crippen LogP contribution in [0.2, 0.25) is 0 Å². The fraction of sp³-hybridized carbons (Fsp3) is 0.387. The number of halogens is 3. The van der Waals surface area contributed by atoms with Gasteiger partial charge in [0.15, 0.2) is 0 Å². The predicted octanol–water partition coefficient (Wildman–Crippen LogP) is 7.03. The van der Waals surface area contributed by atoms with Gasteiger partial charge in [-0.05, 0) is 48.1 Å². The van der Waals surface area contributed by atoms with E-state index in [9.17, 15) is 18.0 Å². The molecule has 0 N–H and O–H groups in total. The van der Waals surface area contributed by atoms with Crippen LogP contribution in [0.5, 0.6) is 0 Å². The average molecular weight is 509 g/mol. The standard InChI is InChI=1S/C31H35F3N2O/c1-22(2)17-36(30(37)26-14-12-23(3)13-15-26)20-27-19-35(21-29(27)25-9-5-4-6-10-25)18-24-8-7-11-28(16-24)31(32,33)34/h4-16,22,27,29H,17-21H2,1-3H3. The van der Waals surface area contributed by atoms with Crippen molar-refractivity contribution in [3.05, 3.63) is 107 Å². The van der Waals surface area contributed by atoms with Crippen molar-refractivity contribution in [2.75, 3.05) is 26.2 Å². The van der Waals surface area contributed by atoms with Gasteiger partial charge in [0.25, 0.3) is 5.91 Å². The number of carbonyl (C=O) groups is 1. The maximum absolute atomic E-state index is 13.5. The van der Waals surface area contributed by atoms with Crippen LogP contribution < -0.4 is 0 Å². The van der Waals surface area contributed by atoms with Gasteiger partial charge in [0, 0.05) is 44.2 Å². The predicted molar refractivity (Wildman–Crippen MR) is 141 cm³/mol.